The third-order valence-corrected chi connectivity index (χ3v) is 7.69. The van der Waals surface area contributed by atoms with E-state index in [1.807, 2.05) is 17.0 Å². The van der Waals surface area contributed by atoms with Crippen LogP contribution < -0.4 is 5.32 Å². The van der Waals surface area contributed by atoms with Crippen LogP contribution in [0.1, 0.15) is 43.0 Å². The van der Waals surface area contributed by atoms with Gasteiger partial charge in [-0.05, 0) is 63.0 Å². The lowest BCUT2D eigenvalue weighted by Gasteiger charge is -2.29. The van der Waals surface area contributed by atoms with Gasteiger partial charge < -0.3 is 14.6 Å². The molecule has 8 nitrogen and oxygen atoms in total. The molecule has 0 spiro atoms. The second kappa shape index (κ2) is 8.12. The number of hydrogen-bond donors (Lipinski definition) is 1. The van der Waals surface area contributed by atoms with E-state index >= 15 is 0 Å². The number of nitrogens with zero attached hydrogens (tertiary/aromatic N) is 3. The van der Waals surface area contributed by atoms with E-state index in [9.17, 15) is 13.2 Å². The summed E-state index contributed by atoms with van der Waals surface area (Å²) in [5.41, 5.74) is 0.577. The average molecular weight is 443 g/mol. The molecular weight excluding hydrogens is 416 g/mol. The molecule has 0 saturated carbocycles. The summed E-state index contributed by atoms with van der Waals surface area (Å²) in [7, 11) is -3.71. The highest BCUT2D eigenvalue weighted by Crippen LogP contribution is 2.31. The summed E-state index contributed by atoms with van der Waals surface area (Å²) in [6.45, 7) is 3.04. The van der Waals surface area contributed by atoms with Gasteiger partial charge in [-0.25, -0.2) is 0 Å². The highest BCUT2D eigenvalue weighted by Gasteiger charge is 2.39. The van der Waals surface area contributed by atoms with Crippen molar-refractivity contribution in [1.29, 1.82) is 0 Å². The summed E-state index contributed by atoms with van der Waals surface area (Å²) < 4.78 is 34.6. The van der Waals surface area contributed by atoms with E-state index in [1.165, 1.54) is 0 Å². The molecule has 1 aromatic carbocycles. The monoisotopic (exact) mass is 442 g/mol. The number of amidine groups is 1. The topological polar surface area (TPSA) is 95.2 Å². The van der Waals surface area contributed by atoms with Gasteiger partial charge in [-0.3, -0.25) is 9.69 Å². The van der Waals surface area contributed by atoms with E-state index in [2.05, 4.69) is 14.6 Å². The normalized spacial score (nSPS) is 23.5. The summed E-state index contributed by atoms with van der Waals surface area (Å²) in [5.74, 6) is 1.14. The number of fused-ring (bicyclic) bond motifs is 1. The summed E-state index contributed by atoms with van der Waals surface area (Å²) in [6, 6.07) is 10.2. The van der Waals surface area contributed by atoms with Crippen molar-refractivity contribution < 1.29 is 17.6 Å². The van der Waals surface area contributed by atoms with Crippen molar-refractivity contribution >= 4 is 21.8 Å². The number of benzene rings is 1. The van der Waals surface area contributed by atoms with Gasteiger partial charge in [-0.2, -0.15) is 8.42 Å². The molecule has 0 aliphatic carbocycles. The van der Waals surface area contributed by atoms with E-state index < -0.39 is 16.1 Å². The van der Waals surface area contributed by atoms with Gasteiger partial charge in [0.25, 0.3) is 10.0 Å². The lowest BCUT2D eigenvalue weighted by molar-refractivity contribution is -0.124. The van der Waals surface area contributed by atoms with Crippen LogP contribution in [0.15, 0.2) is 56.4 Å². The van der Waals surface area contributed by atoms with Gasteiger partial charge in [0.2, 0.25) is 5.91 Å². The molecule has 5 rings (SSSR count). The molecule has 1 aromatic heterocycles. The van der Waals surface area contributed by atoms with Gasteiger partial charge in [0.05, 0.1) is 12.3 Å². The molecule has 2 saturated heterocycles. The molecule has 1 N–H and O–H groups in total. The zero-order chi connectivity index (χ0) is 21.4. The summed E-state index contributed by atoms with van der Waals surface area (Å²) >= 11 is 0. The Bertz CT molecular complexity index is 1090. The van der Waals surface area contributed by atoms with Crippen molar-refractivity contribution in [3.8, 4) is 0 Å². The first-order valence-electron chi connectivity index (χ1n) is 10.8. The van der Waals surface area contributed by atoms with Crippen molar-refractivity contribution in [3.63, 3.8) is 0 Å². The van der Waals surface area contributed by atoms with Crippen LogP contribution in [-0.2, 0) is 14.8 Å². The molecule has 2 aromatic rings. The predicted molar refractivity (Wildman–Crippen MR) is 115 cm³/mol. The summed E-state index contributed by atoms with van der Waals surface area (Å²) in [4.78, 5) is 17.6. The molecule has 2 atom stereocenters. The van der Waals surface area contributed by atoms with E-state index in [4.69, 9.17) is 4.42 Å². The first-order valence-corrected chi connectivity index (χ1v) is 12.2. The Labute approximate surface area is 182 Å². The van der Waals surface area contributed by atoms with E-state index in [0.29, 0.717) is 30.9 Å². The van der Waals surface area contributed by atoms with Crippen molar-refractivity contribution in [2.45, 2.75) is 42.7 Å². The van der Waals surface area contributed by atoms with Crippen LogP contribution in [0.2, 0.25) is 0 Å². The van der Waals surface area contributed by atoms with Crippen LogP contribution in [0.5, 0.6) is 0 Å². The highest BCUT2D eigenvalue weighted by atomic mass is 32.2. The molecule has 0 bridgehead atoms. The largest absolute Gasteiger partial charge is 0.468 e. The van der Waals surface area contributed by atoms with Gasteiger partial charge in [0, 0.05) is 18.7 Å². The zero-order valence-electron chi connectivity index (χ0n) is 17.2. The number of hydrogen-bond acceptors (Lipinski definition) is 6. The fraction of sp³-hybridized carbons (Fsp3) is 0.455. The minimum atomic E-state index is -3.71. The number of amides is 1. The van der Waals surface area contributed by atoms with E-state index in [0.717, 1.165) is 38.1 Å². The highest BCUT2D eigenvalue weighted by molar-refractivity contribution is 7.90. The minimum absolute atomic E-state index is 0.00114. The smallest absolute Gasteiger partial charge is 0.285 e. The molecule has 2 fully saturated rings. The van der Waals surface area contributed by atoms with Crippen molar-refractivity contribution in [2.24, 2.45) is 4.40 Å². The Morgan fingerprint density at radius 3 is 2.71 bits per heavy atom. The van der Waals surface area contributed by atoms with Gasteiger partial charge in [0.1, 0.15) is 16.7 Å². The van der Waals surface area contributed by atoms with Gasteiger partial charge >= 0.3 is 0 Å². The maximum atomic E-state index is 13.2. The van der Waals surface area contributed by atoms with Crippen LogP contribution in [0.25, 0.3) is 0 Å². The van der Waals surface area contributed by atoms with Gasteiger partial charge in [0.15, 0.2) is 5.84 Å². The molecule has 3 aliphatic heterocycles. The number of nitrogens with one attached hydrogen (secondary N) is 1. The molecule has 31 heavy (non-hydrogen) atoms. The second-order valence-electron chi connectivity index (χ2n) is 8.26. The van der Waals surface area contributed by atoms with Crippen molar-refractivity contribution in [3.05, 3.63) is 54.0 Å². The van der Waals surface area contributed by atoms with Crippen LogP contribution in [0, 0.1) is 0 Å². The maximum Gasteiger partial charge on any atom is 0.285 e. The SMILES string of the molecule is O=C(NC[C@H](c1ccco1)N1CCCC1)[C@@H]1CCCN1C1=NS(=O)(=O)c2ccccc21. The van der Waals surface area contributed by atoms with Crippen LogP contribution >= 0.6 is 0 Å². The molecule has 1 amide bonds. The standard InChI is InChI=1S/C22H26N4O4S/c27-22(23-15-18(19-9-6-14-30-19)25-11-3-4-12-25)17-8-5-13-26(17)21-16-7-1-2-10-20(16)31(28,29)24-21/h1-2,6-7,9-10,14,17-18H,3-5,8,11-13,15H2,(H,23,27)/t17-,18+/m0/s1. The fourth-order valence-corrected chi connectivity index (χ4v) is 6.06. The Balaban J connectivity index is 1.33. The van der Waals surface area contributed by atoms with E-state index in [1.54, 1.807) is 30.5 Å². The van der Waals surface area contributed by atoms with Gasteiger partial charge in [-0.15, -0.1) is 4.40 Å². The fourth-order valence-electron chi connectivity index (χ4n) is 4.85. The molecule has 4 heterocycles. The minimum Gasteiger partial charge on any atom is -0.468 e. The van der Waals surface area contributed by atoms with Gasteiger partial charge in [-0.1, -0.05) is 12.1 Å². The third-order valence-electron chi connectivity index (χ3n) is 6.36. The zero-order valence-corrected chi connectivity index (χ0v) is 18.1. The summed E-state index contributed by atoms with van der Waals surface area (Å²) in [6.07, 6.45) is 5.44. The second-order valence-corrected chi connectivity index (χ2v) is 9.83. The molecule has 3 aliphatic rings. The number of carbonyl (C=O) groups is 1. The quantitative estimate of drug-likeness (QED) is 0.762. The molecule has 0 radical (unpaired) electrons. The number of sulfonamides is 1. The van der Waals surface area contributed by atoms with Crippen LogP contribution in [-0.4, -0.2) is 62.2 Å². The van der Waals surface area contributed by atoms with Crippen molar-refractivity contribution in [2.75, 3.05) is 26.2 Å². The Morgan fingerprint density at radius 2 is 1.94 bits per heavy atom. The number of rotatable bonds is 5. The molecular formula is C22H26N4O4S. The average Bonchev–Trinajstić information content (AvgIpc) is 3.56. The Kier molecular flexibility index (Phi) is 5.31. The predicted octanol–water partition coefficient (Wildman–Crippen LogP) is 2.15. The van der Waals surface area contributed by atoms with Crippen LogP contribution in [0.4, 0.5) is 0 Å². The first-order chi connectivity index (χ1) is 15.0. The van der Waals surface area contributed by atoms with Crippen molar-refractivity contribution in [1.82, 2.24) is 15.1 Å². The van der Waals surface area contributed by atoms with Crippen LogP contribution in [0.3, 0.4) is 0 Å². The van der Waals surface area contributed by atoms with E-state index in [-0.39, 0.29) is 16.8 Å². The Morgan fingerprint density at radius 1 is 1.13 bits per heavy atom. The first kappa shape index (κ1) is 20.3. The molecule has 9 heteroatoms. The lowest BCUT2D eigenvalue weighted by atomic mass is 10.1. The molecule has 164 valence electrons. The lowest BCUT2D eigenvalue weighted by Crippen LogP contribution is -2.47. The number of carbonyl (C=O) groups excluding carboxylic acids is 1. The maximum absolute atomic E-state index is 13.2. The third kappa shape index (κ3) is 3.76. The number of likely N-dealkylation sites (tertiary alicyclic amines) is 2. The summed E-state index contributed by atoms with van der Waals surface area (Å²) in [5, 5.41) is 3.10. The molecule has 0 unspecified atom stereocenters. The number of furan rings is 1. The Hall–Kier alpha value is -2.65.